The molecule has 4 rings (SSSR count). The first kappa shape index (κ1) is 19.4. The van der Waals surface area contributed by atoms with E-state index >= 15 is 0 Å². The summed E-state index contributed by atoms with van der Waals surface area (Å²) in [5, 5.41) is 6.11. The number of halogens is 1. The Morgan fingerprint density at radius 1 is 0.933 bits per heavy atom. The SMILES string of the molecule is Cc1cccc(CC(=O)Nc2c(C(=O)Nc3ccc(F)cc3)oc3ccccc23)c1. The molecule has 0 unspecified atom stereocenters. The maximum absolute atomic E-state index is 13.1. The van der Waals surface area contributed by atoms with Crippen molar-refractivity contribution in [2.75, 3.05) is 10.6 Å². The number of nitrogens with one attached hydrogen (secondary N) is 2. The molecule has 0 saturated carbocycles. The van der Waals surface area contributed by atoms with Gasteiger partial charge in [0.25, 0.3) is 5.91 Å². The van der Waals surface area contributed by atoms with Crippen LogP contribution in [0.4, 0.5) is 15.8 Å². The van der Waals surface area contributed by atoms with E-state index in [4.69, 9.17) is 4.42 Å². The molecular weight excluding hydrogens is 383 g/mol. The molecule has 6 heteroatoms. The van der Waals surface area contributed by atoms with Crippen LogP contribution in [0.3, 0.4) is 0 Å². The Morgan fingerprint density at radius 2 is 1.70 bits per heavy atom. The number of furan rings is 1. The number of anilines is 2. The number of benzene rings is 3. The Bertz CT molecular complexity index is 1230. The summed E-state index contributed by atoms with van der Waals surface area (Å²) in [6.07, 6.45) is 0.167. The molecule has 0 fully saturated rings. The lowest BCUT2D eigenvalue weighted by Crippen LogP contribution is -2.18. The largest absolute Gasteiger partial charge is 0.449 e. The van der Waals surface area contributed by atoms with Gasteiger partial charge in [0, 0.05) is 11.1 Å². The lowest BCUT2D eigenvalue weighted by molar-refractivity contribution is -0.115. The van der Waals surface area contributed by atoms with Crippen LogP contribution in [0.2, 0.25) is 0 Å². The molecule has 0 aliphatic carbocycles. The maximum Gasteiger partial charge on any atom is 0.293 e. The molecule has 150 valence electrons. The van der Waals surface area contributed by atoms with Gasteiger partial charge in [-0.25, -0.2) is 4.39 Å². The fourth-order valence-electron chi connectivity index (χ4n) is 3.24. The third kappa shape index (κ3) is 4.22. The second-order valence-electron chi connectivity index (χ2n) is 6.98. The second-order valence-corrected chi connectivity index (χ2v) is 6.98. The number of rotatable bonds is 5. The molecule has 0 bridgehead atoms. The first-order valence-corrected chi connectivity index (χ1v) is 9.43. The van der Waals surface area contributed by atoms with Gasteiger partial charge in [-0.15, -0.1) is 0 Å². The van der Waals surface area contributed by atoms with Gasteiger partial charge in [-0.2, -0.15) is 0 Å². The van der Waals surface area contributed by atoms with E-state index in [9.17, 15) is 14.0 Å². The number of hydrogen-bond acceptors (Lipinski definition) is 3. The summed E-state index contributed by atoms with van der Waals surface area (Å²) >= 11 is 0. The van der Waals surface area contributed by atoms with Gasteiger partial charge >= 0.3 is 0 Å². The monoisotopic (exact) mass is 402 g/mol. The topological polar surface area (TPSA) is 71.3 Å². The van der Waals surface area contributed by atoms with Gasteiger partial charge in [0.1, 0.15) is 17.1 Å². The van der Waals surface area contributed by atoms with Crippen molar-refractivity contribution in [3.63, 3.8) is 0 Å². The van der Waals surface area contributed by atoms with Crippen LogP contribution in [0.5, 0.6) is 0 Å². The Morgan fingerprint density at radius 3 is 2.47 bits per heavy atom. The molecule has 2 N–H and O–H groups in total. The summed E-state index contributed by atoms with van der Waals surface area (Å²) in [6, 6.07) is 20.2. The second kappa shape index (κ2) is 8.21. The summed E-state index contributed by atoms with van der Waals surface area (Å²) < 4.78 is 18.8. The van der Waals surface area contributed by atoms with Crippen LogP contribution in [0, 0.1) is 12.7 Å². The molecule has 0 aliphatic rings. The first-order chi connectivity index (χ1) is 14.5. The van der Waals surface area contributed by atoms with Crippen LogP contribution in [0.1, 0.15) is 21.7 Å². The van der Waals surface area contributed by atoms with E-state index in [1.165, 1.54) is 24.3 Å². The summed E-state index contributed by atoms with van der Waals surface area (Å²) in [7, 11) is 0. The van der Waals surface area contributed by atoms with Gasteiger partial charge < -0.3 is 15.1 Å². The molecule has 30 heavy (non-hydrogen) atoms. The first-order valence-electron chi connectivity index (χ1n) is 9.43. The molecule has 2 amide bonds. The van der Waals surface area contributed by atoms with Crippen molar-refractivity contribution in [1.82, 2.24) is 0 Å². The Kier molecular flexibility index (Phi) is 5.30. The van der Waals surface area contributed by atoms with E-state index in [1.54, 1.807) is 24.3 Å². The van der Waals surface area contributed by atoms with Gasteiger partial charge in [0.15, 0.2) is 0 Å². The number of carbonyl (C=O) groups is 2. The summed E-state index contributed by atoms with van der Waals surface area (Å²) in [6.45, 7) is 1.96. The Hall–Kier alpha value is -3.93. The maximum atomic E-state index is 13.1. The number of hydrogen-bond donors (Lipinski definition) is 2. The van der Waals surface area contributed by atoms with E-state index in [0.717, 1.165) is 11.1 Å². The molecule has 5 nitrogen and oxygen atoms in total. The lowest BCUT2D eigenvalue weighted by Gasteiger charge is -2.08. The zero-order valence-electron chi connectivity index (χ0n) is 16.2. The lowest BCUT2D eigenvalue weighted by atomic mass is 10.1. The Labute approximate surface area is 172 Å². The van der Waals surface area contributed by atoms with Crippen LogP contribution in [0.25, 0.3) is 11.0 Å². The fourth-order valence-corrected chi connectivity index (χ4v) is 3.24. The molecular formula is C24H19FN2O3. The minimum absolute atomic E-state index is 0.0156. The fraction of sp³-hybridized carbons (Fsp3) is 0.0833. The molecule has 1 aromatic heterocycles. The van der Waals surface area contributed by atoms with Gasteiger partial charge in [-0.3, -0.25) is 9.59 Å². The van der Waals surface area contributed by atoms with Crippen LogP contribution in [0.15, 0.2) is 77.2 Å². The Balaban J connectivity index is 1.62. The summed E-state index contributed by atoms with van der Waals surface area (Å²) in [5.74, 6) is -1.22. The van der Waals surface area contributed by atoms with Crippen LogP contribution in [-0.2, 0) is 11.2 Å². The van der Waals surface area contributed by atoms with Crippen LogP contribution >= 0.6 is 0 Å². The average molecular weight is 402 g/mol. The highest BCUT2D eigenvalue weighted by Crippen LogP contribution is 2.31. The standard InChI is InChI=1S/C24H19FN2O3/c1-15-5-4-6-16(13-15)14-21(28)27-22-19-7-2-3-8-20(19)30-23(22)24(29)26-18-11-9-17(25)10-12-18/h2-13H,14H2,1H3,(H,26,29)(H,27,28). The molecule has 0 spiro atoms. The molecule has 0 saturated heterocycles. The van der Waals surface area contributed by atoms with E-state index in [0.29, 0.717) is 22.3 Å². The number of fused-ring (bicyclic) bond motifs is 1. The highest BCUT2D eigenvalue weighted by atomic mass is 19.1. The quantitative estimate of drug-likeness (QED) is 0.475. The van der Waals surface area contributed by atoms with Gasteiger partial charge in [-0.05, 0) is 48.9 Å². The number of aryl methyl sites for hydroxylation is 1. The van der Waals surface area contributed by atoms with Gasteiger partial charge in [0.05, 0.1) is 6.42 Å². The van der Waals surface area contributed by atoms with Crippen LogP contribution in [-0.4, -0.2) is 11.8 Å². The van der Waals surface area contributed by atoms with Crippen molar-refractivity contribution in [3.8, 4) is 0 Å². The summed E-state index contributed by atoms with van der Waals surface area (Å²) in [4.78, 5) is 25.5. The predicted molar refractivity (Wildman–Crippen MR) is 114 cm³/mol. The van der Waals surface area contributed by atoms with Gasteiger partial charge in [0.2, 0.25) is 11.7 Å². The number of carbonyl (C=O) groups excluding carboxylic acids is 2. The van der Waals surface area contributed by atoms with Crippen LogP contribution < -0.4 is 10.6 Å². The predicted octanol–water partition coefficient (Wildman–Crippen LogP) is 5.31. The number of para-hydroxylation sites is 1. The zero-order valence-corrected chi connectivity index (χ0v) is 16.2. The van der Waals surface area contributed by atoms with E-state index < -0.39 is 11.7 Å². The van der Waals surface area contributed by atoms with Crippen molar-refractivity contribution in [2.24, 2.45) is 0 Å². The highest BCUT2D eigenvalue weighted by Gasteiger charge is 2.22. The van der Waals surface area contributed by atoms with Crippen molar-refractivity contribution < 1.29 is 18.4 Å². The normalized spacial score (nSPS) is 10.7. The highest BCUT2D eigenvalue weighted by molar-refractivity contribution is 6.14. The van der Waals surface area contributed by atoms with Crippen molar-refractivity contribution in [1.29, 1.82) is 0 Å². The van der Waals surface area contributed by atoms with Crippen molar-refractivity contribution in [2.45, 2.75) is 13.3 Å². The van der Waals surface area contributed by atoms with Crippen molar-refractivity contribution in [3.05, 3.63) is 95.5 Å². The smallest absolute Gasteiger partial charge is 0.293 e. The molecule has 4 aromatic rings. The third-order valence-corrected chi connectivity index (χ3v) is 4.62. The van der Waals surface area contributed by atoms with E-state index in [2.05, 4.69) is 10.6 Å². The molecule has 0 radical (unpaired) electrons. The zero-order chi connectivity index (χ0) is 21.1. The minimum atomic E-state index is -0.538. The molecule has 0 aliphatic heterocycles. The number of amides is 2. The van der Waals surface area contributed by atoms with Gasteiger partial charge in [-0.1, -0.05) is 42.0 Å². The third-order valence-electron chi connectivity index (χ3n) is 4.62. The molecule has 3 aromatic carbocycles. The summed E-state index contributed by atoms with van der Waals surface area (Å²) in [5.41, 5.74) is 3.14. The molecule has 1 heterocycles. The van der Waals surface area contributed by atoms with E-state index in [-0.39, 0.29) is 18.1 Å². The molecule has 0 atom stereocenters. The van der Waals surface area contributed by atoms with Crippen molar-refractivity contribution >= 4 is 34.2 Å². The average Bonchev–Trinajstić information content (AvgIpc) is 3.08. The minimum Gasteiger partial charge on any atom is -0.449 e. The van der Waals surface area contributed by atoms with E-state index in [1.807, 2.05) is 31.2 Å².